The summed E-state index contributed by atoms with van der Waals surface area (Å²) in [6.07, 6.45) is 4.69. The molecule has 3 rings (SSSR count). The number of aromatic nitrogens is 3. The third kappa shape index (κ3) is 2.34. The van der Waals surface area contributed by atoms with E-state index in [1.54, 1.807) is 11.3 Å². The largest absolute Gasteiger partial charge is 0.350 e. The minimum Gasteiger partial charge on any atom is -0.350 e. The first kappa shape index (κ1) is 10.8. The van der Waals surface area contributed by atoms with Gasteiger partial charge in [0.1, 0.15) is 0 Å². The summed E-state index contributed by atoms with van der Waals surface area (Å²) in [7, 11) is 0. The molecule has 0 radical (unpaired) electrons. The highest BCUT2D eigenvalue weighted by Gasteiger charge is 2.26. The molecule has 90 valence electrons. The predicted molar refractivity (Wildman–Crippen MR) is 69.4 cm³/mol. The molecule has 4 nitrogen and oxygen atoms in total. The average Bonchev–Trinajstić information content (AvgIpc) is 2.95. The Morgan fingerprint density at radius 2 is 2.24 bits per heavy atom. The van der Waals surface area contributed by atoms with Crippen LogP contribution in [0, 0.1) is 13.8 Å². The maximum atomic E-state index is 4.52. The van der Waals surface area contributed by atoms with Crippen LogP contribution in [0.15, 0.2) is 11.6 Å². The summed E-state index contributed by atoms with van der Waals surface area (Å²) < 4.78 is 2.26. The van der Waals surface area contributed by atoms with Gasteiger partial charge >= 0.3 is 0 Å². The zero-order chi connectivity index (χ0) is 11.8. The second-order valence-corrected chi connectivity index (χ2v) is 5.62. The van der Waals surface area contributed by atoms with Crippen molar-refractivity contribution in [1.82, 2.24) is 14.5 Å². The fourth-order valence-electron chi connectivity index (χ4n) is 1.94. The lowest BCUT2D eigenvalue weighted by molar-refractivity contribution is 0.742. The molecule has 2 aromatic rings. The second-order valence-electron chi connectivity index (χ2n) is 4.56. The summed E-state index contributed by atoms with van der Waals surface area (Å²) in [6.45, 7) is 4.83. The van der Waals surface area contributed by atoms with Crippen LogP contribution in [0.5, 0.6) is 0 Å². The molecule has 17 heavy (non-hydrogen) atoms. The molecule has 5 heteroatoms. The van der Waals surface area contributed by atoms with Crippen molar-refractivity contribution in [2.75, 3.05) is 5.32 Å². The zero-order valence-corrected chi connectivity index (χ0v) is 10.9. The topological polar surface area (TPSA) is 42.7 Å². The summed E-state index contributed by atoms with van der Waals surface area (Å²) in [5.74, 6) is 0.982. The zero-order valence-electron chi connectivity index (χ0n) is 10.1. The molecule has 0 amide bonds. The quantitative estimate of drug-likeness (QED) is 0.904. The molecule has 1 saturated carbocycles. The molecule has 0 saturated heterocycles. The molecule has 0 aromatic carbocycles. The number of nitrogens with zero attached hydrogens (tertiary/aromatic N) is 3. The highest BCUT2D eigenvalue weighted by Crippen LogP contribution is 2.37. The molecule has 0 aliphatic heterocycles. The van der Waals surface area contributed by atoms with E-state index in [1.807, 2.05) is 13.8 Å². The van der Waals surface area contributed by atoms with Gasteiger partial charge in [-0.1, -0.05) is 0 Å². The van der Waals surface area contributed by atoms with E-state index in [1.165, 1.54) is 12.8 Å². The number of aryl methyl sites for hydroxylation is 2. The summed E-state index contributed by atoms with van der Waals surface area (Å²) in [5.41, 5.74) is 2.17. The van der Waals surface area contributed by atoms with Crippen LogP contribution in [-0.2, 0) is 6.54 Å². The van der Waals surface area contributed by atoms with Crippen molar-refractivity contribution in [3.05, 3.63) is 28.0 Å². The highest BCUT2D eigenvalue weighted by molar-refractivity contribution is 7.09. The number of nitrogens with one attached hydrogen (secondary N) is 1. The Kier molecular flexibility index (Phi) is 2.63. The molecule has 0 bridgehead atoms. The Hall–Kier alpha value is -1.36. The van der Waals surface area contributed by atoms with Crippen molar-refractivity contribution in [3.8, 4) is 0 Å². The fourth-order valence-corrected chi connectivity index (χ4v) is 2.55. The van der Waals surface area contributed by atoms with Crippen LogP contribution < -0.4 is 5.32 Å². The van der Waals surface area contributed by atoms with E-state index in [0.29, 0.717) is 6.04 Å². The fraction of sp³-hybridized carbons (Fsp3) is 0.500. The summed E-state index contributed by atoms with van der Waals surface area (Å²) in [4.78, 5) is 8.96. The van der Waals surface area contributed by atoms with Crippen LogP contribution in [0.4, 0.5) is 5.95 Å². The minimum atomic E-state index is 0.663. The summed E-state index contributed by atoms with van der Waals surface area (Å²) >= 11 is 1.69. The van der Waals surface area contributed by atoms with Gasteiger partial charge < -0.3 is 9.88 Å². The molecule has 0 spiro atoms. The number of anilines is 1. The molecule has 2 heterocycles. The number of hydrogen-bond acceptors (Lipinski definition) is 4. The standard InChI is InChI=1S/C12H16N4S/c1-8-6-16(11-3-4-11)12(14-8)13-5-10-7-17-9(2)15-10/h6-7,11H,3-5H2,1-2H3,(H,13,14). The monoisotopic (exact) mass is 248 g/mol. The molecule has 0 unspecified atom stereocenters. The molecule has 2 aromatic heterocycles. The van der Waals surface area contributed by atoms with Crippen LogP contribution in [0.25, 0.3) is 0 Å². The van der Waals surface area contributed by atoms with Crippen LogP contribution in [0.2, 0.25) is 0 Å². The van der Waals surface area contributed by atoms with Crippen molar-refractivity contribution >= 4 is 17.3 Å². The average molecular weight is 248 g/mol. The first-order valence-corrected chi connectivity index (χ1v) is 6.80. The van der Waals surface area contributed by atoms with Crippen LogP contribution in [0.3, 0.4) is 0 Å². The third-order valence-corrected chi connectivity index (χ3v) is 3.71. The van der Waals surface area contributed by atoms with E-state index in [9.17, 15) is 0 Å². The van der Waals surface area contributed by atoms with Gasteiger partial charge in [-0.15, -0.1) is 11.3 Å². The molecular weight excluding hydrogens is 232 g/mol. The Morgan fingerprint density at radius 1 is 1.41 bits per heavy atom. The SMILES string of the molecule is Cc1cn(C2CC2)c(NCc2csc(C)n2)n1. The number of imidazole rings is 1. The van der Waals surface area contributed by atoms with Gasteiger partial charge in [-0.3, -0.25) is 0 Å². The Labute approximate surface area is 105 Å². The van der Waals surface area contributed by atoms with E-state index in [4.69, 9.17) is 0 Å². The Balaban J connectivity index is 1.72. The van der Waals surface area contributed by atoms with Gasteiger partial charge in [-0.2, -0.15) is 0 Å². The Bertz CT molecular complexity index is 524. The molecule has 0 atom stereocenters. The van der Waals surface area contributed by atoms with Crippen molar-refractivity contribution in [3.63, 3.8) is 0 Å². The van der Waals surface area contributed by atoms with Gasteiger partial charge in [0.15, 0.2) is 0 Å². The van der Waals surface area contributed by atoms with Crippen molar-refractivity contribution in [2.45, 2.75) is 39.3 Å². The molecule has 1 aliphatic rings. The van der Waals surface area contributed by atoms with E-state index >= 15 is 0 Å². The molecule has 1 fully saturated rings. The first-order chi connectivity index (χ1) is 8.22. The van der Waals surface area contributed by atoms with Gasteiger partial charge in [0.2, 0.25) is 5.95 Å². The minimum absolute atomic E-state index is 0.663. The maximum Gasteiger partial charge on any atom is 0.203 e. The maximum absolute atomic E-state index is 4.52. The third-order valence-electron chi connectivity index (χ3n) is 2.89. The van der Waals surface area contributed by atoms with Crippen molar-refractivity contribution < 1.29 is 0 Å². The number of rotatable bonds is 4. The summed E-state index contributed by atoms with van der Waals surface area (Å²) in [5, 5.41) is 6.59. The van der Waals surface area contributed by atoms with Crippen LogP contribution in [0.1, 0.15) is 35.3 Å². The van der Waals surface area contributed by atoms with Crippen molar-refractivity contribution in [2.24, 2.45) is 0 Å². The van der Waals surface area contributed by atoms with Gasteiger partial charge in [0, 0.05) is 17.6 Å². The lowest BCUT2D eigenvalue weighted by atomic mass is 10.5. The Morgan fingerprint density at radius 3 is 2.88 bits per heavy atom. The van der Waals surface area contributed by atoms with Gasteiger partial charge in [-0.25, -0.2) is 9.97 Å². The molecule has 1 N–H and O–H groups in total. The highest BCUT2D eigenvalue weighted by atomic mass is 32.1. The van der Waals surface area contributed by atoms with E-state index in [2.05, 4.69) is 31.4 Å². The van der Waals surface area contributed by atoms with Crippen LogP contribution in [-0.4, -0.2) is 14.5 Å². The molecule has 1 aliphatic carbocycles. The van der Waals surface area contributed by atoms with E-state index in [0.717, 1.165) is 28.9 Å². The smallest absolute Gasteiger partial charge is 0.203 e. The van der Waals surface area contributed by atoms with E-state index in [-0.39, 0.29) is 0 Å². The lowest BCUT2D eigenvalue weighted by Gasteiger charge is -2.06. The van der Waals surface area contributed by atoms with Crippen LogP contribution >= 0.6 is 11.3 Å². The number of thiazole rings is 1. The van der Waals surface area contributed by atoms with E-state index < -0.39 is 0 Å². The summed E-state index contributed by atoms with van der Waals surface area (Å²) in [6, 6.07) is 0.663. The van der Waals surface area contributed by atoms with Gasteiger partial charge in [-0.05, 0) is 26.7 Å². The van der Waals surface area contributed by atoms with Gasteiger partial charge in [0.05, 0.1) is 22.9 Å². The van der Waals surface area contributed by atoms with Crippen molar-refractivity contribution in [1.29, 1.82) is 0 Å². The first-order valence-electron chi connectivity index (χ1n) is 5.93. The normalized spacial score (nSPS) is 15.2. The molecular formula is C12H16N4S. The number of hydrogen-bond donors (Lipinski definition) is 1. The lowest BCUT2D eigenvalue weighted by Crippen LogP contribution is -2.06. The van der Waals surface area contributed by atoms with Gasteiger partial charge in [0.25, 0.3) is 0 Å². The second kappa shape index (κ2) is 4.14. The predicted octanol–water partition coefficient (Wildman–Crippen LogP) is 2.90.